The van der Waals surface area contributed by atoms with Crippen molar-refractivity contribution in [2.45, 2.75) is 32.6 Å². The third-order valence-corrected chi connectivity index (χ3v) is 2.49. The van der Waals surface area contributed by atoms with Gasteiger partial charge in [0.25, 0.3) is 0 Å². The molecule has 9 nitrogen and oxygen atoms in total. The second-order valence-electron chi connectivity index (χ2n) is 4.06. The number of nitrogens with one attached hydrogen (secondary N) is 1. The van der Waals surface area contributed by atoms with E-state index in [2.05, 4.69) is 0 Å². The molecule has 2 atom stereocenters. The molecule has 0 aliphatic carbocycles. The number of carbonyl (C=O) groups excluding carboxylic acids is 2. The van der Waals surface area contributed by atoms with Crippen molar-refractivity contribution in [3.8, 4) is 0 Å². The molecule has 0 heterocycles. The molecular weight excluding hydrogens is 280 g/mol. The molecule has 0 rings (SSSR count). The zero-order valence-electron chi connectivity index (χ0n) is 12.6. The van der Waals surface area contributed by atoms with Crippen molar-refractivity contribution in [2.24, 2.45) is 11.5 Å². The Kier molecular flexibility index (Phi) is 9.06. The summed E-state index contributed by atoms with van der Waals surface area (Å²) in [5, 5.41) is 7.32. The molecule has 9 heteroatoms. The van der Waals surface area contributed by atoms with Crippen LogP contribution in [-0.2, 0) is 23.8 Å². The normalized spacial score (nSPS) is 13.1. The molecule has 0 aliphatic rings. The lowest BCUT2D eigenvalue weighted by Gasteiger charge is -2.27. The highest BCUT2D eigenvalue weighted by atomic mass is 16.6. The third kappa shape index (κ3) is 6.41. The number of hydrogen-bond donors (Lipinski definition) is 3. The maximum absolute atomic E-state index is 12.1. The van der Waals surface area contributed by atoms with E-state index in [-0.39, 0.29) is 32.1 Å². The summed E-state index contributed by atoms with van der Waals surface area (Å²) in [6.45, 7) is 3.85. The first-order chi connectivity index (χ1) is 9.88. The summed E-state index contributed by atoms with van der Waals surface area (Å²) in [4.78, 5) is 24.9. The number of rotatable bonds is 9. The van der Waals surface area contributed by atoms with Crippen LogP contribution in [0.15, 0.2) is 0 Å². The molecule has 5 N–H and O–H groups in total. The molecule has 0 fully saturated rings. The summed E-state index contributed by atoms with van der Waals surface area (Å²) in [6, 6.07) is 0. The molecular formula is C12H24N4O5. The fourth-order valence-corrected chi connectivity index (χ4v) is 1.43. The van der Waals surface area contributed by atoms with Crippen LogP contribution >= 0.6 is 0 Å². The number of ether oxygens (including phenoxy) is 3. The minimum atomic E-state index is -1.21. The van der Waals surface area contributed by atoms with Gasteiger partial charge in [0.1, 0.15) is 0 Å². The summed E-state index contributed by atoms with van der Waals surface area (Å²) < 4.78 is 15.1. The molecule has 0 aromatic rings. The number of carbonyl (C=O) groups is 2. The Morgan fingerprint density at radius 1 is 1.24 bits per heavy atom. The Bertz CT molecular complexity index is 364. The van der Waals surface area contributed by atoms with Crippen LogP contribution in [0.4, 0.5) is 0 Å². The minimum absolute atomic E-state index is 0.132. The van der Waals surface area contributed by atoms with Crippen molar-refractivity contribution in [2.75, 3.05) is 26.8 Å². The van der Waals surface area contributed by atoms with Gasteiger partial charge in [0.2, 0.25) is 6.23 Å². The standard InChI is InChI=1S/C12H24N4O5/c1-4-19-9(16(3)12(14)15)11(18)21-8(6-7-13)10(17)20-5-2/h8-9H,4-7,13H2,1-3H3,(H3,14,15). The maximum atomic E-state index is 12.1. The Hall–Kier alpha value is -1.87. The van der Waals surface area contributed by atoms with Crippen molar-refractivity contribution in [1.29, 1.82) is 5.41 Å². The highest BCUT2D eigenvalue weighted by Crippen LogP contribution is 2.08. The van der Waals surface area contributed by atoms with Gasteiger partial charge >= 0.3 is 11.9 Å². The maximum Gasteiger partial charge on any atom is 0.357 e. The number of guanidine groups is 1. The molecule has 0 saturated carbocycles. The SMILES string of the molecule is CCOC(=O)C(CCN)OC(=O)C(OCC)N(C)C(=N)N. The van der Waals surface area contributed by atoms with Crippen molar-refractivity contribution >= 4 is 17.9 Å². The van der Waals surface area contributed by atoms with E-state index >= 15 is 0 Å². The van der Waals surface area contributed by atoms with Gasteiger partial charge in [-0.15, -0.1) is 0 Å². The monoisotopic (exact) mass is 304 g/mol. The number of nitrogens with two attached hydrogens (primary N) is 2. The molecule has 0 spiro atoms. The highest BCUT2D eigenvalue weighted by molar-refractivity contribution is 5.85. The largest absolute Gasteiger partial charge is 0.463 e. The second-order valence-corrected chi connectivity index (χ2v) is 4.06. The number of esters is 2. The Morgan fingerprint density at radius 3 is 2.29 bits per heavy atom. The molecule has 2 unspecified atom stereocenters. The van der Waals surface area contributed by atoms with Crippen LogP contribution in [0.25, 0.3) is 0 Å². The molecule has 21 heavy (non-hydrogen) atoms. The van der Waals surface area contributed by atoms with E-state index in [1.807, 2.05) is 0 Å². The van der Waals surface area contributed by atoms with E-state index in [9.17, 15) is 9.59 Å². The van der Waals surface area contributed by atoms with Gasteiger partial charge in [-0.05, 0) is 20.4 Å². The van der Waals surface area contributed by atoms with E-state index in [0.29, 0.717) is 0 Å². The van der Waals surface area contributed by atoms with Crippen molar-refractivity contribution in [1.82, 2.24) is 4.90 Å². The van der Waals surface area contributed by atoms with Gasteiger partial charge in [-0.2, -0.15) is 0 Å². The van der Waals surface area contributed by atoms with E-state index < -0.39 is 24.3 Å². The molecule has 122 valence electrons. The van der Waals surface area contributed by atoms with Crippen LogP contribution in [0.5, 0.6) is 0 Å². The highest BCUT2D eigenvalue weighted by Gasteiger charge is 2.31. The number of hydrogen-bond acceptors (Lipinski definition) is 7. The van der Waals surface area contributed by atoms with Gasteiger partial charge in [0.15, 0.2) is 12.1 Å². The van der Waals surface area contributed by atoms with Gasteiger partial charge in [-0.1, -0.05) is 0 Å². The predicted octanol–water partition coefficient (Wildman–Crippen LogP) is -1.00. The quantitative estimate of drug-likeness (QED) is 0.213. The number of nitrogens with zero attached hydrogens (tertiary/aromatic N) is 1. The predicted molar refractivity (Wildman–Crippen MR) is 75.3 cm³/mol. The number of likely N-dealkylation sites (N-methyl/N-ethyl adjacent to an activating group) is 1. The molecule has 0 saturated heterocycles. The third-order valence-electron chi connectivity index (χ3n) is 2.49. The van der Waals surface area contributed by atoms with Crippen LogP contribution in [-0.4, -0.2) is 61.9 Å². The minimum Gasteiger partial charge on any atom is -0.463 e. The Morgan fingerprint density at radius 2 is 1.86 bits per heavy atom. The van der Waals surface area contributed by atoms with Gasteiger partial charge < -0.3 is 30.6 Å². The molecule has 0 radical (unpaired) electrons. The first-order valence-electron chi connectivity index (χ1n) is 6.64. The molecule has 0 aromatic carbocycles. The summed E-state index contributed by atoms with van der Waals surface area (Å²) in [5.74, 6) is -1.87. The topological polar surface area (TPSA) is 141 Å². The van der Waals surface area contributed by atoms with Gasteiger partial charge in [-0.3, -0.25) is 5.41 Å². The fourth-order valence-electron chi connectivity index (χ4n) is 1.43. The van der Waals surface area contributed by atoms with E-state index in [1.54, 1.807) is 13.8 Å². The van der Waals surface area contributed by atoms with Gasteiger partial charge in [0.05, 0.1) is 6.61 Å². The summed E-state index contributed by atoms with van der Waals surface area (Å²) in [7, 11) is 1.41. The smallest absolute Gasteiger partial charge is 0.357 e. The Labute approximate surface area is 124 Å². The van der Waals surface area contributed by atoms with Crippen LogP contribution in [0.3, 0.4) is 0 Å². The second kappa shape index (κ2) is 9.94. The Balaban J connectivity index is 4.89. The van der Waals surface area contributed by atoms with Gasteiger partial charge in [-0.25, -0.2) is 9.59 Å². The molecule has 0 aliphatic heterocycles. The zero-order chi connectivity index (χ0) is 16.4. The van der Waals surface area contributed by atoms with Crippen molar-refractivity contribution in [3.63, 3.8) is 0 Å². The van der Waals surface area contributed by atoms with Gasteiger partial charge in [0, 0.05) is 20.1 Å². The lowest BCUT2D eigenvalue weighted by atomic mass is 10.2. The summed E-state index contributed by atoms with van der Waals surface area (Å²) in [6.07, 6.45) is -2.18. The van der Waals surface area contributed by atoms with Crippen LogP contribution in [0, 0.1) is 5.41 Å². The average Bonchev–Trinajstić information content (AvgIpc) is 2.43. The van der Waals surface area contributed by atoms with Crippen molar-refractivity contribution < 1.29 is 23.8 Å². The van der Waals surface area contributed by atoms with Crippen LogP contribution in [0.1, 0.15) is 20.3 Å². The molecule has 0 amide bonds. The molecule has 0 bridgehead atoms. The lowest BCUT2D eigenvalue weighted by molar-refractivity contribution is -0.180. The van der Waals surface area contributed by atoms with E-state index in [1.165, 1.54) is 7.05 Å². The van der Waals surface area contributed by atoms with E-state index in [0.717, 1.165) is 4.90 Å². The van der Waals surface area contributed by atoms with E-state index in [4.69, 9.17) is 31.1 Å². The van der Waals surface area contributed by atoms with Crippen LogP contribution in [0.2, 0.25) is 0 Å². The lowest BCUT2D eigenvalue weighted by Crippen LogP contribution is -2.49. The first kappa shape index (κ1) is 19.1. The summed E-state index contributed by atoms with van der Waals surface area (Å²) in [5.41, 5.74) is 10.7. The van der Waals surface area contributed by atoms with Crippen LogP contribution < -0.4 is 11.5 Å². The average molecular weight is 304 g/mol. The summed E-state index contributed by atoms with van der Waals surface area (Å²) >= 11 is 0. The zero-order valence-corrected chi connectivity index (χ0v) is 12.6. The fraction of sp³-hybridized carbons (Fsp3) is 0.750. The first-order valence-corrected chi connectivity index (χ1v) is 6.64. The van der Waals surface area contributed by atoms with Crippen molar-refractivity contribution in [3.05, 3.63) is 0 Å². The molecule has 0 aromatic heterocycles.